The number of carboxylic acids is 1. The molecule has 0 spiro atoms. The summed E-state index contributed by atoms with van der Waals surface area (Å²) in [5.41, 5.74) is -0.762. The Bertz CT molecular complexity index is 1260. The van der Waals surface area contributed by atoms with Crippen molar-refractivity contribution < 1.29 is 33.7 Å². The number of hydrogen-bond donors (Lipinski definition) is 2. The minimum absolute atomic E-state index is 0.0320. The Morgan fingerprint density at radius 3 is 2.52 bits per heavy atom. The van der Waals surface area contributed by atoms with E-state index in [2.05, 4.69) is 23.8 Å². The van der Waals surface area contributed by atoms with Gasteiger partial charge in [-0.2, -0.15) is 0 Å². The molecule has 0 aliphatic carbocycles. The van der Waals surface area contributed by atoms with Gasteiger partial charge in [0.2, 0.25) is 11.8 Å². The molecule has 1 aliphatic rings. The number of nitrogens with one attached hydrogen (secondary N) is 1. The van der Waals surface area contributed by atoms with Gasteiger partial charge >= 0.3 is 12.1 Å². The van der Waals surface area contributed by atoms with Crippen LogP contribution in [0.4, 0.5) is 4.79 Å². The molecule has 5 atom stereocenters. The Kier molecular flexibility index (Phi) is 11.2. The maximum Gasteiger partial charge on any atom is 0.408 e. The van der Waals surface area contributed by atoms with Crippen LogP contribution in [0.3, 0.4) is 0 Å². The molecule has 1 fully saturated rings. The normalized spacial score (nSPS) is 19.0. The third kappa shape index (κ3) is 8.59. The van der Waals surface area contributed by atoms with E-state index in [4.69, 9.17) is 14.2 Å². The smallest absolute Gasteiger partial charge is 0.408 e. The third-order valence-corrected chi connectivity index (χ3v) is 7.28. The van der Waals surface area contributed by atoms with E-state index in [-0.39, 0.29) is 24.8 Å². The molecule has 2 aromatic rings. The first-order valence-electron chi connectivity index (χ1n) is 14.6. The Balaban J connectivity index is 1.85. The zero-order valence-corrected chi connectivity index (χ0v) is 25.6. The van der Waals surface area contributed by atoms with Crippen LogP contribution in [0.5, 0.6) is 11.6 Å². The van der Waals surface area contributed by atoms with Gasteiger partial charge in [0.1, 0.15) is 29.5 Å². The van der Waals surface area contributed by atoms with Crippen LogP contribution in [-0.4, -0.2) is 69.9 Å². The fourth-order valence-electron chi connectivity index (χ4n) is 5.38. The molecule has 2 amide bonds. The van der Waals surface area contributed by atoms with Crippen LogP contribution < -0.4 is 14.8 Å². The van der Waals surface area contributed by atoms with Crippen LogP contribution in [0.15, 0.2) is 43.1 Å². The number of carbonyl (C=O) groups excluding carboxylic acids is 2. The van der Waals surface area contributed by atoms with E-state index < -0.39 is 41.8 Å². The number of benzene rings is 1. The molecule has 10 heteroatoms. The fraction of sp³-hybridized carbons (Fsp3) is 0.562. The second kappa shape index (κ2) is 14.4. The van der Waals surface area contributed by atoms with Crippen molar-refractivity contribution in [3.63, 3.8) is 0 Å². The van der Waals surface area contributed by atoms with Crippen molar-refractivity contribution in [3.05, 3.63) is 43.1 Å². The maximum absolute atomic E-state index is 14.0. The number of aromatic nitrogens is 1. The molecule has 1 aromatic carbocycles. The number of aliphatic carboxylic acids is 1. The number of carbonyl (C=O) groups is 3. The zero-order chi connectivity index (χ0) is 31.0. The number of carboxylic acid groups (broad SMARTS) is 1. The highest BCUT2D eigenvalue weighted by molar-refractivity contribution is 5.92. The van der Waals surface area contributed by atoms with E-state index in [1.807, 2.05) is 44.2 Å². The van der Waals surface area contributed by atoms with Crippen molar-refractivity contribution in [2.75, 3.05) is 13.2 Å². The van der Waals surface area contributed by atoms with Crippen LogP contribution in [0.2, 0.25) is 0 Å². The molecular formula is C32H45N3O7. The Morgan fingerprint density at radius 2 is 1.90 bits per heavy atom. The predicted molar refractivity (Wildman–Crippen MR) is 161 cm³/mol. The van der Waals surface area contributed by atoms with Gasteiger partial charge in [-0.1, -0.05) is 38.1 Å². The summed E-state index contributed by atoms with van der Waals surface area (Å²) in [4.78, 5) is 44.9. The van der Waals surface area contributed by atoms with E-state index in [1.54, 1.807) is 27.0 Å². The summed E-state index contributed by atoms with van der Waals surface area (Å²) in [5, 5.41) is 14.4. The molecule has 42 heavy (non-hydrogen) atoms. The lowest BCUT2D eigenvalue weighted by atomic mass is 9.88. The first-order valence-corrected chi connectivity index (χ1v) is 14.6. The number of fused-ring (bicyclic) bond motifs is 1. The predicted octanol–water partition coefficient (Wildman–Crippen LogP) is 5.59. The summed E-state index contributed by atoms with van der Waals surface area (Å²) in [7, 11) is 0. The molecule has 1 aromatic heterocycles. The van der Waals surface area contributed by atoms with E-state index in [0.29, 0.717) is 24.7 Å². The molecule has 3 rings (SSSR count). The Morgan fingerprint density at radius 1 is 1.21 bits per heavy atom. The molecule has 0 radical (unpaired) electrons. The molecule has 1 aliphatic heterocycles. The standard InChI is InChI=1S/C32H45N3O7/c1-8-10-13-20(3)16-21(4)27(34-31(39)42-32(5,6)7)29(36)35-19-22(17-25(35)30(37)38)41-28-24-15-12-11-14-23(24)26(18-33-28)40-9-2/h8,11-12,14-15,18,20-22,25,27H,1,9-10,13,16-17,19H2,2-7H3,(H,34,39)(H,37,38)/t20?,21-,22?,25?,27+/m1/s1. The Hall–Kier alpha value is -3.82. The SMILES string of the molecule is C=CCCC(C)C[C@@H](C)[C@H](NC(=O)OC(C)(C)C)C(=O)N1CC(Oc2ncc(OCC)c3ccccc23)CC1C(=O)O. The molecule has 2 N–H and O–H groups in total. The third-order valence-electron chi connectivity index (χ3n) is 7.28. The molecule has 230 valence electrons. The minimum Gasteiger partial charge on any atom is -0.492 e. The van der Waals surface area contributed by atoms with Gasteiger partial charge in [0, 0.05) is 17.2 Å². The lowest BCUT2D eigenvalue weighted by Crippen LogP contribution is -2.55. The van der Waals surface area contributed by atoms with Crippen molar-refractivity contribution >= 4 is 28.7 Å². The number of allylic oxidation sites excluding steroid dienone is 1. The van der Waals surface area contributed by atoms with Crippen molar-refractivity contribution in [3.8, 4) is 11.6 Å². The van der Waals surface area contributed by atoms with Gasteiger partial charge in [-0.05, 0) is 64.9 Å². The quantitative estimate of drug-likeness (QED) is 0.292. The van der Waals surface area contributed by atoms with Gasteiger partial charge in [0.05, 0.1) is 19.3 Å². The van der Waals surface area contributed by atoms with Crippen molar-refractivity contribution in [2.24, 2.45) is 11.8 Å². The number of likely N-dealkylation sites (tertiary alicyclic amines) is 1. The molecular weight excluding hydrogens is 538 g/mol. The summed E-state index contributed by atoms with van der Waals surface area (Å²) in [6.45, 7) is 15.4. The number of hydrogen-bond acceptors (Lipinski definition) is 7. The van der Waals surface area contributed by atoms with Crippen molar-refractivity contribution in [1.29, 1.82) is 0 Å². The summed E-state index contributed by atoms with van der Waals surface area (Å²) >= 11 is 0. The lowest BCUT2D eigenvalue weighted by molar-refractivity contribution is -0.149. The van der Waals surface area contributed by atoms with E-state index in [0.717, 1.165) is 23.6 Å². The topological polar surface area (TPSA) is 127 Å². The fourth-order valence-corrected chi connectivity index (χ4v) is 5.38. The highest BCUT2D eigenvalue weighted by Crippen LogP contribution is 2.33. The number of alkyl carbamates (subject to hydrolysis) is 1. The first-order chi connectivity index (χ1) is 19.8. The Labute approximate surface area is 248 Å². The highest BCUT2D eigenvalue weighted by atomic mass is 16.6. The monoisotopic (exact) mass is 583 g/mol. The summed E-state index contributed by atoms with van der Waals surface area (Å²) in [6.07, 6.45) is 4.55. The van der Waals surface area contributed by atoms with Crippen molar-refractivity contribution in [2.45, 2.75) is 91.0 Å². The molecule has 1 saturated heterocycles. The number of pyridine rings is 1. The number of amides is 2. The lowest BCUT2D eigenvalue weighted by Gasteiger charge is -2.32. The van der Waals surface area contributed by atoms with Gasteiger partial charge < -0.3 is 29.5 Å². The molecule has 3 unspecified atom stereocenters. The number of nitrogens with zero attached hydrogens (tertiary/aromatic N) is 2. The van der Waals surface area contributed by atoms with Gasteiger partial charge in [-0.3, -0.25) is 4.79 Å². The average molecular weight is 584 g/mol. The van der Waals surface area contributed by atoms with Crippen molar-refractivity contribution in [1.82, 2.24) is 15.2 Å². The van der Waals surface area contributed by atoms with E-state index in [9.17, 15) is 19.5 Å². The van der Waals surface area contributed by atoms with E-state index >= 15 is 0 Å². The van der Waals surface area contributed by atoms with Crippen LogP contribution in [0.1, 0.15) is 67.2 Å². The largest absolute Gasteiger partial charge is 0.492 e. The van der Waals surface area contributed by atoms with Crippen LogP contribution >= 0.6 is 0 Å². The molecule has 2 heterocycles. The maximum atomic E-state index is 14.0. The first kappa shape index (κ1) is 32.7. The van der Waals surface area contributed by atoms with Gasteiger partial charge in [-0.25, -0.2) is 14.6 Å². The van der Waals surface area contributed by atoms with Crippen LogP contribution in [-0.2, 0) is 14.3 Å². The number of rotatable bonds is 13. The molecule has 0 bridgehead atoms. The second-order valence-electron chi connectivity index (χ2n) is 12.0. The summed E-state index contributed by atoms with van der Waals surface area (Å²) < 4.78 is 17.4. The van der Waals surface area contributed by atoms with Gasteiger partial charge in [0.25, 0.3) is 0 Å². The number of ether oxygens (including phenoxy) is 3. The summed E-state index contributed by atoms with van der Waals surface area (Å²) in [6, 6.07) is 5.43. The van der Waals surface area contributed by atoms with Gasteiger partial charge in [0.15, 0.2) is 0 Å². The zero-order valence-electron chi connectivity index (χ0n) is 25.6. The van der Waals surface area contributed by atoms with Crippen LogP contribution in [0.25, 0.3) is 10.8 Å². The van der Waals surface area contributed by atoms with Crippen LogP contribution in [0, 0.1) is 11.8 Å². The molecule has 10 nitrogen and oxygen atoms in total. The summed E-state index contributed by atoms with van der Waals surface area (Å²) in [5.74, 6) is -0.673. The molecule has 0 saturated carbocycles. The average Bonchev–Trinajstić information content (AvgIpc) is 3.35. The minimum atomic E-state index is -1.14. The van der Waals surface area contributed by atoms with E-state index in [1.165, 1.54) is 4.90 Å². The highest BCUT2D eigenvalue weighted by Gasteiger charge is 2.45. The second-order valence-corrected chi connectivity index (χ2v) is 12.0. The van der Waals surface area contributed by atoms with Gasteiger partial charge in [-0.15, -0.1) is 6.58 Å².